The minimum Gasteiger partial charge on any atom is -0.309 e. The molecule has 0 spiro atoms. The highest BCUT2D eigenvalue weighted by Crippen LogP contribution is 2.58. The molecule has 0 N–H and O–H groups in total. The largest absolute Gasteiger partial charge is 0.309 e. The number of fused-ring (bicyclic) bond motifs is 9. The van der Waals surface area contributed by atoms with Gasteiger partial charge >= 0.3 is 0 Å². The van der Waals surface area contributed by atoms with Crippen LogP contribution in [0.1, 0.15) is 36.1 Å². The number of hydrogen-bond acceptors (Lipinski definition) is 3. The van der Waals surface area contributed by atoms with E-state index < -0.39 is 0 Å². The van der Waals surface area contributed by atoms with Crippen molar-refractivity contribution in [2.24, 2.45) is 0 Å². The van der Waals surface area contributed by atoms with Gasteiger partial charge in [0.05, 0.1) is 22.4 Å². The van der Waals surface area contributed by atoms with E-state index in [4.69, 9.17) is 9.97 Å². The Morgan fingerprint density at radius 1 is 0.625 bits per heavy atom. The summed E-state index contributed by atoms with van der Waals surface area (Å²) >= 11 is 0. The second-order valence-corrected chi connectivity index (χ2v) is 11.1. The molecule has 0 unspecified atom stereocenters. The second-order valence-electron chi connectivity index (χ2n) is 11.1. The van der Waals surface area contributed by atoms with Crippen molar-refractivity contribution in [3.05, 3.63) is 138 Å². The summed E-state index contributed by atoms with van der Waals surface area (Å²) in [5, 5.41) is 0. The van der Waals surface area contributed by atoms with Gasteiger partial charge in [-0.3, -0.25) is 9.97 Å². The minimum absolute atomic E-state index is 0.225. The van der Waals surface area contributed by atoms with Crippen LogP contribution in [0.5, 0.6) is 0 Å². The van der Waals surface area contributed by atoms with E-state index >= 15 is 0 Å². The summed E-state index contributed by atoms with van der Waals surface area (Å²) in [5.41, 5.74) is 14.9. The maximum atomic E-state index is 4.94. The average molecular weight is 514 g/mol. The fourth-order valence-corrected chi connectivity index (χ4v) is 6.67. The van der Waals surface area contributed by atoms with Crippen molar-refractivity contribution in [2.75, 3.05) is 4.90 Å². The summed E-state index contributed by atoms with van der Waals surface area (Å²) < 4.78 is 0. The molecule has 0 fully saturated rings. The lowest BCUT2D eigenvalue weighted by Gasteiger charge is -2.34. The Hall–Kier alpha value is -5.02. The van der Waals surface area contributed by atoms with Crippen molar-refractivity contribution in [1.82, 2.24) is 9.97 Å². The van der Waals surface area contributed by atoms with E-state index in [-0.39, 0.29) is 5.41 Å². The first-order valence-electron chi connectivity index (χ1n) is 13.8. The van der Waals surface area contributed by atoms with Crippen LogP contribution < -0.4 is 4.90 Å². The summed E-state index contributed by atoms with van der Waals surface area (Å²) in [6, 6.07) is 36.9. The molecule has 190 valence electrons. The summed E-state index contributed by atoms with van der Waals surface area (Å²) in [6.07, 6.45) is 8.09. The number of hydrogen-bond donors (Lipinski definition) is 0. The van der Waals surface area contributed by atoms with Crippen LogP contribution in [0.4, 0.5) is 17.1 Å². The maximum absolute atomic E-state index is 4.94. The molecule has 0 amide bonds. The van der Waals surface area contributed by atoms with Crippen LogP contribution in [0.3, 0.4) is 0 Å². The smallest absolute Gasteiger partial charge is 0.0986 e. The number of nitrogens with zero attached hydrogens (tertiary/aromatic N) is 3. The van der Waals surface area contributed by atoms with Gasteiger partial charge in [-0.05, 0) is 57.7 Å². The molecule has 3 nitrogen and oxygen atoms in total. The fraction of sp³-hybridized carbons (Fsp3) is 0.0811. The first-order valence-corrected chi connectivity index (χ1v) is 13.8. The SMILES string of the molecule is CC1(C)c2ccccc2-c2c1c1c(c3nccnc23)C=Cc2ccccc2N1c1ccc(-c2ccccc2)cc1. The standard InChI is InChI=1S/C37H27N3/c1-37(2)30-14-8-7-13-28(30)32-33(37)36-29(34-35(32)39-23-22-38-34)21-18-26-12-6-9-15-31(26)40(36)27-19-16-25(17-20-27)24-10-4-3-5-11-24/h3-23H,1-2H3. The monoisotopic (exact) mass is 513 g/mol. The third-order valence-electron chi connectivity index (χ3n) is 8.49. The van der Waals surface area contributed by atoms with Gasteiger partial charge in [-0.2, -0.15) is 0 Å². The molecule has 40 heavy (non-hydrogen) atoms. The van der Waals surface area contributed by atoms with Gasteiger partial charge in [0.15, 0.2) is 0 Å². The average Bonchev–Trinajstić information content (AvgIpc) is 3.13. The molecule has 0 atom stereocenters. The third-order valence-corrected chi connectivity index (χ3v) is 8.49. The third kappa shape index (κ3) is 3.18. The van der Waals surface area contributed by atoms with E-state index in [1.165, 1.54) is 44.6 Å². The molecule has 3 heteroatoms. The van der Waals surface area contributed by atoms with Crippen LogP contribution in [-0.4, -0.2) is 9.97 Å². The van der Waals surface area contributed by atoms with Crippen LogP contribution in [0.2, 0.25) is 0 Å². The molecule has 0 bridgehead atoms. The number of aromatic nitrogens is 2. The number of para-hydroxylation sites is 1. The van der Waals surface area contributed by atoms with Crippen molar-refractivity contribution in [3.8, 4) is 22.3 Å². The summed E-state index contributed by atoms with van der Waals surface area (Å²) in [7, 11) is 0. The maximum Gasteiger partial charge on any atom is 0.0986 e. The van der Waals surface area contributed by atoms with Crippen molar-refractivity contribution >= 4 is 40.2 Å². The van der Waals surface area contributed by atoms with Gasteiger partial charge in [0.25, 0.3) is 0 Å². The van der Waals surface area contributed by atoms with Gasteiger partial charge in [0.1, 0.15) is 0 Å². The van der Waals surface area contributed by atoms with Crippen molar-refractivity contribution in [3.63, 3.8) is 0 Å². The Bertz CT molecular complexity index is 1970. The second kappa shape index (κ2) is 8.49. The predicted octanol–water partition coefficient (Wildman–Crippen LogP) is 9.56. The first kappa shape index (κ1) is 22.9. The molecule has 2 heterocycles. The number of benzene rings is 5. The van der Waals surface area contributed by atoms with E-state index in [0.29, 0.717) is 0 Å². The lowest BCUT2D eigenvalue weighted by molar-refractivity contribution is 0.661. The molecule has 6 aromatic rings. The van der Waals surface area contributed by atoms with Crippen LogP contribution in [0.15, 0.2) is 116 Å². The Labute approximate surface area is 234 Å². The van der Waals surface area contributed by atoms with Gasteiger partial charge in [-0.25, -0.2) is 0 Å². The minimum atomic E-state index is -0.225. The molecule has 0 saturated carbocycles. The van der Waals surface area contributed by atoms with Crippen molar-refractivity contribution < 1.29 is 0 Å². The lowest BCUT2D eigenvalue weighted by atomic mass is 9.80. The summed E-state index contributed by atoms with van der Waals surface area (Å²) in [4.78, 5) is 12.3. The van der Waals surface area contributed by atoms with Crippen LogP contribution in [-0.2, 0) is 5.41 Å². The highest BCUT2D eigenvalue weighted by Gasteiger charge is 2.42. The molecular weight excluding hydrogens is 486 g/mol. The summed E-state index contributed by atoms with van der Waals surface area (Å²) in [5.74, 6) is 0. The normalized spacial score (nSPS) is 14.3. The number of rotatable bonds is 2. The van der Waals surface area contributed by atoms with Crippen molar-refractivity contribution in [2.45, 2.75) is 19.3 Å². The summed E-state index contributed by atoms with van der Waals surface area (Å²) in [6.45, 7) is 4.69. The molecular formula is C37H27N3. The fourth-order valence-electron chi connectivity index (χ4n) is 6.67. The van der Waals surface area contributed by atoms with Crippen LogP contribution in [0, 0.1) is 0 Å². The lowest BCUT2D eigenvalue weighted by Crippen LogP contribution is -2.22. The Kier molecular flexibility index (Phi) is 4.86. The Morgan fingerprint density at radius 3 is 2.12 bits per heavy atom. The first-order chi connectivity index (χ1) is 19.6. The van der Waals surface area contributed by atoms with Crippen LogP contribution in [0.25, 0.3) is 45.4 Å². The van der Waals surface area contributed by atoms with E-state index in [9.17, 15) is 0 Å². The topological polar surface area (TPSA) is 29.0 Å². The number of anilines is 3. The molecule has 5 aromatic carbocycles. The molecule has 1 aromatic heterocycles. The zero-order chi connectivity index (χ0) is 26.8. The van der Waals surface area contributed by atoms with Gasteiger partial charge in [-0.15, -0.1) is 0 Å². The Morgan fingerprint density at radius 2 is 1.30 bits per heavy atom. The highest BCUT2D eigenvalue weighted by atomic mass is 15.2. The molecule has 1 aliphatic heterocycles. The van der Waals surface area contributed by atoms with Gasteiger partial charge in [0, 0.05) is 34.6 Å². The zero-order valence-corrected chi connectivity index (χ0v) is 22.5. The molecule has 8 rings (SSSR count). The van der Waals surface area contributed by atoms with Gasteiger partial charge in [0.2, 0.25) is 0 Å². The van der Waals surface area contributed by atoms with Gasteiger partial charge in [-0.1, -0.05) is 105 Å². The predicted molar refractivity (Wildman–Crippen MR) is 166 cm³/mol. The molecule has 0 saturated heterocycles. The van der Waals surface area contributed by atoms with Gasteiger partial charge < -0.3 is 4.90 Å². The zero-order valence-electron chi connectivity index (χ0n) is 22.5. The Balaban J connectivity index is 1.48. The highest BCUT2D eigenvalue weighted by molar-refractivity contribution is 6.11. The molecule has 0 radical (unpaired) electrons. The van der Waals surface area contributed by atoms with Crippen molar-refractivity contribution in [1.29, 1.82) is 0 Å². The van der Waals surface area contributed by atoms with E-state index in [1.54, 1.807) is 0 Å². The molecule has 1 aliphatic carbocycles. The molecule has 2 aliphatic rings. The van der Waals surface area contributed by atoms with E-state index in [2.05, 4.69) is 134 Å². The van der Waals surface area contributed by atoms with E-state index in [1.807, 2.05) is 12.4 Å². The quantitative estimate of drug-likeness (QED) is 0.230. The van der Waals surface area contributed by atoms with E-state index in [0.717, 1.165) is 28.0 Å². The van der Waals surface area contributed by atoms with Crippen LogP contribution >= 0.6 is 0 Å².